The van der Waals surface area contributed by atoms with Crippen molar-refractivity contribution in [3.63, 3.8) is 0 Å². The van der Waals surface area contributed by atoms with E-state index in [9.17, 15) is 9.18 Å². The van der Waals surface area contributed by atoms with Crippen LogP contribution < -0.4 is 5.32 Å². The fraction of sp³-hybridized carbons (Fsp3) is 0.417. The SMILES string of the molecule is CN(C)CCCNc1ccc(F)cc1C(=O)O. The van der Waals surface area contributed by atoms with Gasteiger partial charge >= 0.3 is 5.97 Å². The van der Waals surface area contributed by atoms with Gasteiger partial charge in [0, 0.05) is 12.2 Å². The Kier molecular flexibility index (Phi) is 4.90. The number of carbonyl (C=O) groups is 1. The van der Waals surface area contributed by atoms with Crippen LogP contribution in [0.1, 0.15) is 16.8 Å². The van der Waals surface area contributed by atoms with Crippen LogP contribution >= 0.6 is 0 Å². The van der Waals surface area contributed by atoms with Crippen molar-refractivity contribution in [2.45, 2.75) is 6.42 Å². The predicted octanol–water partition coefficient (Wildman–Crippen LogP) is 1.89. The Hall–Kier alpha value is -1.62. The van der Waals surface area contributed by atoms with Crippen LogP contribution in [0, 0.1) is 5.82 Å². The lowest BCUT2D eigenvalue weighted by atomic mass is 10.1. The fourth-order valence-corrected chi connectivity index (χ4v) is 1.47. The summed E-state index contributed by atoms with van der Waals surface area (Å²) in [7, 11) is 3.95. The number of anilines is 1. The highest BCUT2D eigenvalue weighted by molar-refractivity contribution is 5.94. The van der Waals surface area contributed by atoms with Gasteiger partial charge in [-0.2, -0.15) is 0 Å². The summed E-state index contributed by atoms with van der Waals surface area (Å²) in [5, 5.41) is 11.9. The summed E-state index contributed by atoms with van der Waals surface area (Å²) < 4.78 is 12.9. The number of hydrogen-bond acceptors (Lipinski definition) is 3. The lowest BCUT2D eigenvalue weighted by molar-refractivity contribution is 0.0697. The van der Waals surface area contributed by atoms with Crippen molar-refractivity contribution in [1.29, 1.82) is 0 Å². The third-order valence-electron chi connectivity index (χ3n) is 2.31. The van der Waals surface area contributed by atoms with E-state index in [1.807, 2.05) is 19.0 Å². The van der Waals surface area contributed by atoms with Crippen LogP contribution in [0.2, 0.25) is 0 Å². The zero-order valence-electron chi connectivity index (χ0n) is 10.0. The number of carboxylic acid groups (broad SMARTS) is 1. The molecule has 0 unspecified atom stereocenters. The first-order chi connectivity index (χ1) is 8.00. The molecule has 0 aliphatic rings. The minimum absolute atomic E-state index is 0.0325. The Morgan fingerprint density at radius 2 is 2.18 bits per heavy atom. The van der Waals surface area contributed by atoms with Gasteiger partial charge in [-0.3, -0.25) is 0 Å². The molecule has 1 rings (SSSR count). The molecule has 1 aromatic carbocycles. The molecule has 4 nitrogen and oxygen atoms in total. The number of carboxylic acids is 1. The van der Waals surface area contributed by atoms with Gasteiger partial charge in [-0.25, -0.2) is 9.18 Å². The minimum Gasteiger partial charge on any atom is -0.478 e. The second-order valence-electron chi connectivity index (χ2n) is 4.08. The molecule has 0 saturated heterocycles. The predicted molar refractivity (Wildman–Crippen MR) is 65.0 cm³/mol. The Bertz CT molecular complexity index is 394. The van der Waals surface area contributed by atoms with Crippen molar-refractivity contribution in [3.05, 3.63) is 29.6 Å². The Balaban J connectivity index is 2.61. The number of hydrogen-bond donors (Lipinski definition) is 2. The second kappa shape index (κ2) is 6.20. The number of benzene rings is 1. The summed E-state index contributed by atoms with van der Waals surface area (Å²) in [5.41, 5.74) is 0.424. The zero-order valence-corrected chi connectivity index (χ0v) is 10.0. The smallest absolute Gasteiger partial charge is 0.337 e. The van der Waals surface area contributed by atoms with Crippen LogP contribution in [0.25, 0.3) is 0 Å². The van der Waals surface area contributed by atoms with Gasteiger partial charge in [-0.15, -0.1) is 0 Å². The van der Waals surface area contributed by atoms with E-state index in [-0.39, 0.29) is 5.56 Å². The Morgan fingerprint density at radius 3 is 2.76 bits per heavy atom. The highest BCUT2D eigenvalue weighted by Gasteiger charge is 2.10. The van der Waals surface area contributed by atoms with Crippen LogP contribution in [-0.2, 0) is 0 Å². The van der Waals surface area contributed by atoms with Crippen LogP contribution in [0.15, 0.2) is 18.2 Å². The van der Waals surface area contributed by atoms with E-state index in [2.05, 4.69) is 5.32 Å². The molecule has 0 amide bonds. The molecule has 0 aliphatic heterocycles. The normalized spacial score (nSPS) is 10.6. The largest absolute Gasteiger partial charge is 0.478 e. The number of aromatic carboxylic acids is 1. The molecule has 2 N–H and O–H groups in total. The molecule has 0 fully saturated rings. The van der Waals surface area contributed by atoms with E-state index in [1.54, 1.807) is 0 Å². The zero-order chi connectivity index (χ0) is 12.8. The van der Waals surface area contributed by atoms with Gasteiger partial charge in [0.25, 0.3) is 0 Å². The first-order valence-electron chi connectivity index (χ1n) is 5.42. The first kappa shape index (κ1) is 13.4. The summed E-state index contributed by atoms with van der Waals surface area (Å²) >= 11 is 0. The monoisotopic (exact) mass is 240 g/mol. The molecule has 0 aromatic heterocycles. The van der Waals surface area contributed by atoms with Gasteiger partial charge in [-0.05, 0) is 45.3 Å². The lowest BCUT2D eigenvalue weighted by Gasteiger charge is -2.12. The molecule has 0 bridgehead atoms. The van der Waals surface area contributed by atoms with Crippen molar-refractivity contribution in [2.75, 3.05) is 32.5 Å². The quantitative estimate of drug-likeness (QED) is 0.745. The van der Waals surface area contributed by atoms with E-state index < -0.39 is 11.8 Å². The molecular weight excluding hydrogens is 223 g/mol. The Labute approximate surface area is 100 Å². The first-order valence-corrected chi connectivity index (χ1v) is 5.42. The molecule has 0 atom stereocenters. The summed E-state index contributed by atoms with van der Waals surface area (Å²) in [5.74, 6) is -1.67. The lowest BCUT2D eigenvalue weighted by Crippen LogP contribution is -2.17. The number of nitrogens with one attached hydrogen (secondary N) is 1. The van der Waals surface area contributed by atoms with Crippen molar-refractivity contribution in [1.82, 2.24) is 4.90 Å². The molecule has 0 heterocycles. The maximum absolute atomic E-state index is 12.9. The summed E-state index contributed by atoms with van der Waals surface area (Å²) in [6.45, 7) is 1.57. The second-order valence-corrected chi connectivity index (χ2v) is 4.08. The van der Waals surface area contributed by atoms with E-state index in [0.717, 1.165) is 19.0 Å². The molecule has 0 saturated carbocycles. The van der Waals surface area contributed by atoms with Gasteiger partial charge in [0.1, 0.15) is 5.82 Å². The van der Waals surface area contributed by atoms with Gasteiger partial charge in [-0.1, -0.05) is 0 Å². The van der Waals surface area contributed by atoms with Gasteiger partial charge < -0.3 is 15.3 Å². The van der Waals surface area contributed by atoms with E-state index in [1.165, 1.54) is 12.1 Å². The van der Waals surface area contributed by atoms with Crippen LogP contribution in [-0.4, -0.2) is 43.2 Å². The molecule has 94 valence electrons. The van der Waals surface area contributed by atoms with Crippen molar-refractivity contribution in [3.8, 4) is 0 Å². The Morgan fingerprint density at radius 1 is 1.47 bits per heavy atom. The molecule has 5 heteroatoms. The van der Waals surface area contributed by atoms with Crippen LogP contribution in [0.5, 0.6) is 0 Å². The van der Waals surface area contributed by atoms with Crippen molar-refractivity contribution in [2.24, 2.45) is 0 Å². The molecule has 0 spiro atoms. The summed E-state index contributed by atoms with van der Waals surface area (Å²) in [4.78, 5) is 12.9. The highest BCUT2D eigenvalue weighted by Crippen LogP contribution is 2.16. The summed E-state index contributed by atoms with van der Waals surface area (Å²) in [6, 6.07) is 3.73. The molecule has 0 radical (unpaired) electrons. The van der Waals surface area contributed by atoms with Crippen molar-refractivity contribution < 1.29 is 14.3 Å². The van der Waals surface area contributed by atoms with E-state index in [0.29, 0.717) is 12.2 Å². The van der Waals surface area contributed by atoms with E-state index >= 15 is 0 Å². The standard InChI is InChI=1S/C12H17FN2O2/c1-15(2)7-3-6-14-11-5-4-9(13)8-10(11)12(16)17/h4-5,8,14H,3,6-7H2,1-2H3,(H,16,17). The molecule has 17 heavy (non-hydrogen) atoms. The maximum Gasteiger partial charge on any atom is 0.337 e. The molecular formula is C12H17FN2O2. The number of halogens is 1. The van der Waals surface area contributed by atoms with Gasteiger partial charge in [0.15, 0.2) is 0 Å². The minimum atomic E-state index is -1.13. The van der Waals surface area contributed by atoms with E-state index in [4.69, 9.17) is 5.11 Å². The third kappa shape index (κ3) is 4.40. The maximum atomic E-state index is 12.9. The third-order valence-corrected chi connectivity index (χ3v) is 2.31. The topological polar surface area (TPSA) is 52.6 Å². The molecule has 1 aromatic rings. The van der Waals surface area contributed by atoms with Gasteiger partial charge in [0.2, 0.25) is 0 Å². The van der Waals surface area contributed by atoms with Crippen molar-refractivity contribution >= 4 is 11.7 Å². The number of rotatable bonds is 6. The van der Waals surface area contributed by atoms with Crippen LogP contribution in [0.3, 0.4) is 0 Å². The average Bonchev–Trinajstić information content (AvgIpc) is 2.25. The summed E-state index contributed by atoms with van der Waals surface area (Å²) in [6.07, 6.45) is 0.892. The molecule has 0 aliphatic carbocycles. The average molecular weight is 240 g/mol. The fourth-order valence-electron chi connectivity index (χ4n) is 1.47. The highest BCUT2D eigenvalue weighted by atomic mass is 19.1. The number of nitrogens with zero attached hydrogens (tertiary/aromatic N) is 1. The van der Waals surface area contributed by atoms with Gasteiger partial charge in [0.05, 0.1) is 5.56 Å². The van der Waals surface area contributed by atoms with Crippen LogP contribution in [0.4, 0.5) is 10.1 Å².